The number of carbonyl (C=O) groups excluding carboxylic acids is 4. The van der Waals surface area contributed by atoms with Gasteiger partial charge >= 0.3 is 6.03 Å². The summed E-state index contributed by atoms with van der Waals surface area (Å²) in [6.45, 7) is 3.01. The predicted molar refractivity (Wildman–Crippen MR) is 121 cm³/mol. The van der Waals surface area contributed by atoms with Crippen LogP contribution in [0.2, 0.25) is 0 Å². The van der Waals surface area contributed by atoms with Crippen molar-refractivity contribution < 1.29 is 23.9 Å². The fourth-order valence-corrected chi connectivity index (χ4v) is 3.66. The first-order chi connectivity index (χ1) is 16.0. The summed E-state index contributed by atoms with van der Waals surface area (Å²) in [5, 5.41) is 8.13. The van der Waals surface area contributed by atoms with Gasteiger partial charge < -0.3 is 20.7 Å². The number of rotatable bonds is 7. The molecule has 33 heavy (non-hydrogen) atoms. The van der Waals surface area contributed by atoms with E-state index in [0.29, 0.717) is 42.3 Å². The van der Waals surface area contributed by atoms with E-state index in [2.05, 4.69) is 16.0 Å². The van der Waals surface area contributed by atoms with Crippen LogP contribution in [0.1, 0.15) is 15.9 Å². The van der Waals surface area contributed by atoms with Crippen molar-refractivity contribution in [1.29, 1.82) is 0 Å². The van der Waals surface area contributed by atoms with Crippen molar-refractivity contribution in [3.05, 3.63) is 59.7 Å². The molecule has 0 unspecified atom stereocenters. The maximum atomic E-state index is 12.9. The lowest BCUT2D eigenvalue weighted by Crippen LogP contribution is -2.41. The van der Waals surface area contributed by atoms with Gasteiger partial charge in [0.15, 0.2) is 0 Å². The van der Waals surface area contributed by atoms with Gasteiger partial charge in [0.1, 0.15) is 0 Å². The van der Waals surface area contributed by atoms with Crippen LogP contribution in [0.25, 0.3) is 0 Å². The van der Waals surface area contributed by atoms with Crippen molar-refractivity contribution in [2.45, 2.75) is 6.54 Å². The Morgan fingerprint density at radius 2 is 1.61 bits per heavy atom. The summed E-state index contributed by atoms with van der Waals surface area (Å²) in [5.74, 6) is -0.800. The topological polar surface area (TPSA) is 120 Å². The number of carbonyl (C=O) groups is 4. The van der Waals surface area contributed by atoms with Gasteiger partial charge in [0.05, 0.1) is 32.8 Å². The monoisotopic (exact) mass is 451 g/mol. The van der Waals surface area contributed by atoms with Gasteiger partial charge in [-0.1, -0.05) is 18.2 Å². The lowest BCUT2D eigenvalue weighted by Gasteiger charge is -2.25. The number of nitrogens with one attached hydrogen (secondary N) is 3. The third-order valence-electron chi connectivity index (χ3n) is 5.42. The minimum absolute atomic E-state index is 0.0162. The van der Waals surface area contributed by atoms with E-state index < -0.39 is 6.03 Å². The summed E-state index contributed by atoms with van der Waals surface area (Å²) in [5.41, 5.74) is 2.11. The molecule has 5 amide bonds. The van der Waals surface area contributed by atoms with Gasteiger partial charge in [-0.25, -0.2) is 4.79 Å². The SMILES string of the molecule is O=C(CN1CCOCC1)Nc1ccc(NC(=O)c2ccccc2CN2C(=O)CNC2=O)cc1. The van der Waals surface area contributed by atoms with Crippen LogP contribution in [0.5, 0.6) is 0 Å². The van der Waals surface area contributed by atoms with Crippen molar-refractivity contribution in [1.82, 2.24) is 15.1 Å². The molecule has 0 aliphatic carbocycles. The van der Waals surface area contributed by atoms with E-state index in [9.17, 15) is 19.2 Å². The van der Waals surface area contributed by atoms with Gasteiger partial charge in [0.25, 0.3) is 5.91 Å². The van der Waals surface area contributed by atoms with Crippen molar-refractivity contribution in [2.24, 2.45) is 0 Å². The molecule has 0 radical (unpaired) electrons. The molecule has 10 heteroatoms. The zero-order valence-corrected chi connectivity index (χ0v) is 18.0. The minimum atomic E-state index is -0.471. The zero-order chi connectivity index (χ0) is 23.2. The van der Waals surface area contributed by atoms with E-state index in [4.69, 9.17) is 4.74 Å². The van der Waals surface area contributed by atoms with Crippen LogP contribution >= 0.6 is 0 Å². The molecule has 0 saturated carbocycles. The Morgan fingerprint density at radius 3 is 2.27 bits per heavy atom. The van der Waals surface area contributed by atoms with Gasteiger partial charge in [-0.05, 0) is 35.9 Å². The first kappa shape index (κ1) is 22.4. The van der Waals surface area contributed by atoms with Crippen LogP contribution in [0.4, 0.5) is 16.2 Å². The summed E-state index contributed by atoms with van der Waals surface area (Å²) in [6.07, 6.45) is 0. The molecule has 0 atom stereocenters. The number of amides is 5. The summed E-state index contributed by atoms with van der Waals surface area (Å²) >= 11 is 0. The van der Waals surface area contributed by atoms with E-state index >= 15 is 0 Å². The largest absolute Gasteiger partial charge is 0.379 e. The number of benzene rings is 2. The molecule has 2 fully saturated rings. The molecule has 172 valence electrons. The molecule has 2 aliphatic rings. The second-order valence-corrected chi connectivity index (χ2v) is 7.76. The summed E-state index contributed by atoms with van der Waals surface area (Å²) in [4.78, 5) is 51.9. The number of imide groups is 1. The molecule has 2 aromatic rings. The second-order valence-electron chi connectivity index (χ2n) is 7.76. The van der Waals surface area contributed by atoms with E-state index in [-0.39, 0.29) is 30.8 Å². The summed E-state index contributed by atoms with van der Waals surface area (Å²) < 4.78 is 5.28. The van der Waals surface area contributed by atoms with Crippen molar-refractivity contribution in [3.8, 4) is 0 Å². The Bertz CT molecular complexity index is 1030. The fraction of sp³-hybridized carbons (Fsp3) is 0.304. The van der Waals surface area contributed by atoms with E-state index in [1.165, 1.54) is 0 Å². The highest BCUT2D eigenvalue weighted by Gasteiger charge is 2.29. The molecule has 2 heterocycles. The quantitative estimate of drug-likeness (QED) is 0.545. The maximum absolute atomic E-state index is 12.9. The maximum Gasteiger partial charge on any atom is 0.324 e. The first-order valence-electron chi connectivity index (χ1n) is 10.7. The van der Waals surface area contributed by atoms with Gasteiger partial charge in [0, 0.05) is 30.0 Å². The number of anilines is 2. The van der Waals surface area contributed by atoms with Gasteiger partial charge in [-0.3, -0.25) is 24.2 Å². The van der Waals surface area contributed by atoms with Crippen molar-refractivity contribution >= 4 is 35.1 Å². The highest BCUT2D eigenvalue weighted by Crippen LogP contribution is 2.18. The molecule has 2 saturated heterocycles. The van der Waals surface area contributed by atoms with Crippen molar-refractivity contribution in [2.75, 3.05) is 50.0 Å². The van der Waals surface area contributed by atoms with Crippen LogP contribution in [0.15, 0.2) is 48.5 Å². The first-order valence-corrected chi connectivity index (χ1v) is 10.7. The van der Waals surface area contributed by atoms with Crippen LogP contribution in [-0.4, -0.2) is 72.9 Å². The Kier molecular flexibility index (Phi) is 6.96. The lowest BCUT2D eigenvalue weighted by molar-refractivity contribution is -0.125. The molecule has 0 bridgehead atoms. The highest BCUT2D eigenvalue weighted by atomic mass is 16.5. The molecule has 0 spiro atoms. The van der Waals surface area contributed by atoms with E-state index in [1.807, 2.05) is 4.90 Å². The number of nitrogens with zero attached hydrogens (tertiary/aromatic N) is 2. The zero-order valence-electron chi connectivity index (χ0n) is 18.0. The number of urea groups is 1. The summed E-state index contributed by atoms with van der Waals surface area (Å²) in [6, 6.07) is 13.2. The molecule has 4 rings (SSSR count). The Labute approximate surface area is 190 Å². The third kappa shape index (κ3) is 5.73. The number of hydrogen-bond acceptors (Lipinski definition) is 6. The lowest BCUT2D eigenvalue weighted by atomic mass is 10.1. The van der Waals surface area contributed by atoms with E-state index in [1.54, 1.807) is 48.5 Å². The number of hydrogen-bond donors (Lipinski definition) is 3. The number of ether oxygens (including phenoxy) is 1. The van der Waals surface area contributed by atoms with Crippen LogP contribution in [-0.2, 0) is 20.9 Å². The van der Waals surface area contributed by atoms with Crippen LogP contribution in [0, 0.1) is 0 Å². The Balaban J connectivity index is 1.35. The summed E-state index contributed by atoms with van der Waals surface area (Å²) in [7, 11) is 0. The van der Waals surface area contributed by atoms with Crippen LogP contribution < -0.4 is 16.0 Å². The standard InChI is InChI=1S/C23H25N5O5/c29-20(15-27-9-11-33-12-10-27)25-17-5-7-18(8-6-17)26-22(31)19-4-2-1-3-16(19)14-28-21(30)13-24-23(28)32/h1-8H,9-15H2,(H,24,32)(H,25,29)(H,26,31). The average molecular weight is 451 g/mol. The predicted octanol–water partition coefficient (Wildman–Crippen LogP) is 1.26. The minimum Gasteiger partial charge on any atom is -0.379 e. The molecule has 2 aliphatic heterocycles. The van der Waals surface area contributed by atoms with Gasteiger partial charge in [-0.15, -0.1) is 0 Å². The molecular formula is C23H25N5O5. The Morgan fingerprint density at radius 1 is 0.939 bits per heavy atom. The highest BCUT2D eigenvalue weighted by molar-refractivity contribution is 6.06. The van der Waals surface area contributed by atoms with Gasteiger partial charge in [-0.2, -0.15) is 0 Å². The Hall–Kier alpha value is -3.76. The van der Waals surface area contributed by atoms with Crippen molar-refractivity contribution in [3.63, 3.8) is 0 Å². The molecule has 3 N–H and O–H groups in total. The molecule has 0 aromatic heterocycles. The van der Waals surface area contributed by atoms with E-state index in [0.717, 1.165) is 18.0 Å². The molecule has 10 nitrogen and oxygen atoms in total. The second kappa shape index (κ2) is 10.2. The molecule has 2 aromatic carbocycles. The fourth-order valence-electron chi connectivity index (χ4n) is 3.66. The van der Waals surface area contributed by atoms with Gasteiger partial charge in [0.2, 0.25) is 11.8 Å². The molecular weight excluding hydrogens is 426 g/mol. The average Bonchev–Trinajstić information content (AvgIpc) is 3.13. The third-order valence-corrected chi connectivity index (χ3v) is 5.42. The van der Waals surface area contributed by atoms with Crippen LogP contribution in [0.3, 0.4) is 0 Å². The smallest absolute Gasteiger partial charge is 0.324 e. The normalized spacial score (nSPS) is 16.4. The number of morpholine rings is 1.